The van der Waals surface area contributed by atoms with Crippen molar-refractivity contribution in [2.24, 2.45) is 0 Å². The maximum absolute atomic E-state index is 12.4. The summed E-state index contributed by atoms with van der Waals surface area (Å²) in [6.07, 6.45) is 2.77. The first-order valence-electron chi connectivity index (χ1n) is 6.95. The lowest BCUT2D eigenvalue weighted by Gasteiger charge is -2.20. The van der Waals surface area contributed by atoms with Crippen LogP contribution in [0.1, 0.15) is 25.3 Å². The molecule has 1 atom stereocenters. The monoisotopic (exact) mass is 298 g/mol. The number of ether oxygens (including phenoxy) is 1. The molecular weight excluding hydrogens is 276 g/mol. The third-order valence-corrected chi connectivity index (χ3v) is 5.03. The van der Waals surface area contributed by atoms with Crippen molar-refractivity contribution in [1.82, 2.24) is 4.72 Å². The number of fused-ring (bicyclic) bond motifs is 1. The largest absolute Gasteiger partial charge is 0.385 e. The SMILES string of the molecule is CCC(COC)NS(=O)(=O)c1ccc2c(c1)NCCC2. The average Bonchev–Trinajstić information content (AvgIpc) is 2.46. The summed E-state index contributed by atoms with van der Waals surface area (Å²) in [5.41, 5.74) is 2.11. The average molecular weight is 298 g/mol. The van der Waals surface area contributed by atoms with E-state index in [9.17, 15) is 8.42 Å². The van der Waals surface area contributed by atoms with Crippen molar-refractivity contribution in [2.75, 3.05) is 25.6 Å². The number of nitrogens with one attached hydrogen (secondary N) is 2. The summed E-state index contributed by atoms with van der Waals surface area (Å²) in [5, 5.41) is 3.25. The molecule has 0 bridgehead atoms. The second-order valence-electron chi connectivity index (χ2n) is 5.03. The van der Waals surface area contributed by atoms with Crippen LogP contribution >= 0.6 is 0 Å². The number of benzene rings is 1. The maximum atomic E-state index is 12.4. The van der Waals surface area contributed by atoms with Gasteiger partial charge in [0.15, 0.2) is 0 Å². The van der Waals surface area contributed by atoms with E-state index in [1.165, 1.54) is 5.56 Å². The smallest absolute Gasteiger partial charge is 0.240 e. The van der Waals surface area contributed by atoms with Gasteiger partial charge >= 0.3 is 0 Å². The molecule has 2 rings (SSSR count). The topological polar surface area (TPSA) is 67.4 Å². The molecule has 112 valence electrons. The number of sulfonamides is 1. The highest BCUT2D eigenvalue weighted by atomic mass is 32.2. The van der Waals surface area contributed by atoms with Gasteiger partial charge < -0.3 is 10.1 Å². The zero-order valence-electron chi connectivity index (χ0n) is 12.0. The Labute approximate surface area is 120 Å². The minimum atomic E-state index is -3.50. The maximum Gasteiger partial charge on any atom is 0.240 e. The molecule has 1 heterocycles. The Hall–Kier alpha value is -1.11. The lowest BCUT2D eigenvalue weighted by atomic mass is 10.0. The summed E-state index contributed by atoms with van der Waals surface area (Å²) in [6.45, 7) is 3.20. The van der Waals surface area contributed by atoms with E-state index in [-0.39, 0.29) is 6.04 Å². The van der Waals surface area contributed by atoms with E-state index in [0.29, 0.717) is 17.9 Å². The molecule has 1 aliphatic rings. The highest BCUT2D eigenvalue weighted by Crippen LogP contribution is 2.25. The van der Waals surface area contributed by atoms with E-state index >= 15 is 0 Å². The second-order valence-corrected chi connectivity index (χ2v) is 6.75. The fourth-order valence-corrected chi connectivity index (χ4v) is 3.66. The normalized spacial score (nSPS) is 16.3. The van der Waals surface area contributed by atoms with Crippen LogP contribution in [-0.2, 0) is 21.2 Å². The number of hydrogen-bond acceptors (Lipinski definition) is 4. The van der Waals surface area contributed by atoms with Crippen LogP contribution in [0.4, 0.5) is 5.69 Å². The van der Waals surface area contributed by atoms with E-state index in [0.717, 1.165) is 25.1 Å². The third kappa shape index (κ3) is 3.50. The fourth-order valence-electron chi connectivity index (χ4n) is 2.33. The van der Waals surface area contributed by atoms with Gasteiger partial charge in [0.1, 0.15) is 0 Å². The Morgan fingerprint density at radius 3 is 2.95 bits per heavy atom. The summed E-state index contributed by atoms with van der Waals surface area (Å²) in [7, 11) is -1.93. The summed E-state index contributed by atoms with van der Waals surface area (Å²) in [6, 6.07) is 5.09. The van der Waals surface area contributed by atoms with Crippen LogP contribution < -0.4 is 10.0 Å². The van der Waals surface area contributed by atoms with Crippen molar-refractivity contribution in [3.8, 4) is 0 Å². The van der Waals surface area contributed by atoms with Crippen molar-refractivity contribution in [3.05, 3.63) is 23.8 Å². The Morgan fingerprint density at radius 1 is 1.45 bits per heavy atom. The van der Waals surface area contributed by atoms with Gasteiger partial charge in [0.2, 0.25) is 10.0 Å². The summed E-state index contributed by atoms with van der Waals surface area (Å²) in [5.74, 6) is 0. The van der Waals surface area contributed by atoms with E-state index < -0.39 is 10.0 Å². The number of anilines is 1. The van der Waals surface area contributed by atoms with Gasteiger partial charge in [-0.2, -0.15) is 0 Å². The van der Waals surface area contributed by atoms with Crippen molar-refractivity contribution in [1.29, 1.82) is 0 Å². The lowest BCUT2D eigenvalue weighted by Crippen LogP contribution is -2.37. The molecule has 0 aromatic heterocycles. The van der Waals surface area contributed by atoms with Crippen LogP contribution in [-0.4, -0.2) is 34.7 Å². The standard InChI is InChI=1S/C14H22N2O3S/c1-3-12(10-19-2)16-20(17,18)13-7-6-11-5-4-8-15-14(11)9-13/h6-7,9,12,15-16H,3-5,8,10H2,1-2H3. The van der Waals surface area contributed by atoms with Crippen molar-refractivity contribution in [3.63, 3.8) is 0 Å². The number of aryl methyl sites for hydroxylation is 1. The van der Waals surface area contributed by atoms with Crippen molar-refractivity contribution < 1.29 is 13.2 Å². The molecule has 0 saturated heterocycles. The Balaban J connectivity index is 2.20. The minimum absolute atomic E-state index is 0.200. The molecule has 0 amide bonds. The van der Waals surface area contributed by atoms with Gasteiger partial charge in [-0.1, -0.05) is 13.0 Å². The third-order valence-electron chi connectivity index (χ3n) is 3.51. The van der Waals surface area contributed by atoms with Crippen LogP contribution in [0.5, 0.6) is 0 Å². The quantitative estimate of drug-likeness (QED) is 0.839. The molecule has 1 aliphatic heterocycles. The van der Waals surface area contributed by atoms with Crippen molar-refractivity contribution >= 4 is 15.7 Å². The van der Waals surface area contributed by atoms with E-state index in [1.54, 1.807) is 19.2 Å². The van der Waals surface area contributed by atoms with Gasteiger partial charge in [-0.3, -0.25) is 0 Å². The molecule has 0 radical (unpaired) electrons. The van der Waals surface area contributed by atoms with Gasteiger partial charge in [-0.25, -0.2) is 13.1 Å². The molecule has 1 aromatic carbocycles. The predicted molar refractivity (Wildman–Crippen MR) is 79.5 cm³/mol. The second kappa shape index (κ2) is 6.56. The highest BCUT2D eigenvalue weighted by molar-refractivity contribution is 7.89. The Bertz CT molecular complexity index is 558. The molecule has 1 unspecified atom stereocenters. The summed E-state index contributed by atoms with van der Waals surface area (Å²) < 4.78 is 32.4. The van der Waals surface area contributed by atoms with Gasteiger partial charge in [0.25, 0.3) is 0 Å². The highest BCUT2D eigenvalue weighted by Gasteiger charge is 2.20. The van der Waals surface area contributed by atoms with Crippen molar-refractivity contribution in [2.45, 2.75) is 37.1 Å². The number of rotatable bonds is 6. The van der Waals surface area contributed by atoms with Gasteiger partial charge in [-0.05, 0) is 37.0 Å². The summed E-state index contributed by atoms with van der Waals surface area (Å²) >= 11 is 0. The first-order chi connectivity index (χ1) is 9.56. The van der Waals surface area contributed by atoms with E-state index in [4.69, 9.17) is 4.74 Å². The fraction of sp³-hybridized carbons (Fsp3) is 0.571. The zero-order valence-corrected chi connectivity index (χ0v) is 12.8. The summed E-state index contributed by atoms with van der Waals surface area (Å²) in [4.78, 5) is 0.306. The number of methoxy groups -OCH3 is 1. The predicted octanol–water partition coefficient (Wildman–Crippen LogP) is 1.75. The molecule has 1 aromatic rings. The van der Waals surface area contributed by atoms with Gasteiger partial charge in [-0.15, -0.1) is 0 Å². The lowest BCUT2D eigenvalue weighted by molar-refractivity contribution is 0.173. The molecular formula is C14H22N2O3S. The van der Waals surface area contributed by atoms with E-state index in [1.807, 2.05) is 13.0 Å². The molecule has 0 saturated carbocycles. The van der Waals surface area contributed by atoms with Crippen LogP contribution in [0.25, 0.3) is 0 Å². The molecule has 6 heteroatoms. The Morgan fingerprint density at radius 2 is 2.25 bits per heavy atom. The zero-order chi connectivity index (χ0) is 14.6. The molecule has 2 N–H and O–H groups in total. The Kier molecular flexibility index (Phi) is 5.01. The van der Waals surface area contributed by atoms with Crippen LogP contribution in [0, 0.1) is 0 Å². The van der Waals surface area contributed by atoms with Crippen LogP contribution in [0.2, 0.25) is 0 Å². The molecule has 20 heavy (non-hydrogen) atoms. The molecule has 0 fully saturated rings. The number of hydrogen-bond donors (Lipinski definition) is 2. The van der Waals surface area contributed by atoms with E-state index in [2.05, 4.69) is 10.0 Å². The van der Waals surface area contributed by atoms with Gasteiger partial charge in [0, 0.05) is 25.4 Å². The van der Waals surface area contributed by atoms with Gasteiger partial charge in [0.05, 0.1) is 11.5 Å². The molecule has 0 aliphatic carbocycles. The molecule has 0 spiro atoms. The first kappa shape index (κ1) is 15.3. The first-order valence-corrected chi connectivity index (χ1v) is 8.43. The minimum Gasteiger partial charge on any atom is -0.385 e. The van der Waals surface area contributed by atoms with Crippen LogP contribution in [0.15, 0.2) is 23.1 Å². The van der Waals surface area contributed by atoms with Crippen LogP contribution in [0.3, 0.4) is 0 Å². The molecule has 5 nitrogen and oxygen atoms in total.